The summed E-state index contributed by atoms with van der Waals surface area (Å²) >= 11 is 0. The summed E-state index contributed by atoms with van der Waals surface area (Å²) in [5.41, 5.74) is 0.512. The second kappa shape index (κ2) is 2.51. The van der Waals surface area contributed by atoms with Crippen molar-refractivity contribution in [2.45, 2.75) is 31.2 Å². The Bertz CT molecular complexity index is 108. The highest BCUT2D eigenvalue weighted by Crippen LogP contribution is 2.24. The average molecular weight is 140 g/mol. The maximum atomic E-state index is 3.63. The first-order valence-corrected chi connectivity index (χ1v) is 4.37. The third-order valence-electron chi connectivity index (χ3n) is 2.83. The van der Waals surface area contributed by atoms with Crippen molar-refractivity contribution in [3.05, 3.63) is 0 Å². The van der Waals surface area contributed by atoms with Crippen LogP contribution in [0.5, 0.6) is 0 Å². The van der Waals surface area contributed by atoms with Crippen molar-refractivity contribution in [1.82, 2.24) is 10.6 Å². The molecule has 0 bridgehead atoms. The van der Waals surface area contributed by atoms with Crippen molar-refractivity contribution in [3.63, 3.8) is 0 Å². The summed E-state index contributed by atoms with van der Waals surface area (Å²) < 4.78 is 0. The van der Waals surface area contributed by atoms with E-state index in [2.05, 4.69) is 10.6 Å². The fourth-order valence-electron chi connectivity index (χ4n) is 2.14. The Hall–Kier alpha value is -0.0800. The Kier molecular flexibility index (Phi) is 1.66. The lowest BCUT2D eigenvalue weighted by Crippen LogP contribution is -2.49. The molecule has 1 atom stereocenters. The number of rotatable bonds is 0. The molecular formula is C8H16N2. The van der Waals surface area contributed by atoms with Gasteiger partial charge in [-0.05, 0) is 32.4 Å². The maximum Gasteiger partial charge on any atom is 0.0318 e. The average Bonchev–Trinajstić information content (AvgIpc) is 2.39. The van der Waals surface area contributed by atoms with Gasteiger partial charge in [-0.25, -0.2) is 0 Å². The van der Waals surface area contributed by atoms with Crippen molar-refractivity contribution >= 4 is 0 Å². The van der Waals surface area contributed by atoms with E-state index in [1.165, 1.54) is 45.3 Å². The number of nitrogens with one attached hydrogen (secondary N) is 2. The second-order valence-electron chi connectivity index (χ2n) is 3.59. The minimum absolute atomic E-state index is 0.512. The van der Waals surface area contributed by atoms with Gasteiger partial charge in [0.1, 0.15) is 0 Å². The van der Waals surface area contributed by atoms with Crippen LogP contribution in [0.15, 0.2) is 0 Å². The molecule has 0 amide bonds. The van der Waals surface area contributed by atoms with Gasteiger partial charge in [-0.15, -0.1) is 0 Å². The Morgan fingerprint density at radius 1 is 1.00 bits per heavy atom. The molecule has 0 aromatic carbocycles. The molecule has 58 valence electrons. The van der Waals surface area contributed by atoms with Crippen molar-refractivity contribution < 1.29 is 0 Å². The number of hydrogen-bond acceptors (Lipinski definition) is 2. The normalized spacial score (nSPS) is 40.8. The Labute approximate surface area is 62.4 Å². The molecule has 0 aromatic rings. The summed E-state index contributed by atoms with van der Waals surface area (Å²) in [7, 11) is 0. The van der Waals surface area contributed by atoms with E-state index in [0.29, 0.717) is 5.54 Å². The lowest BCUT2D eigenvalue weighted by atomic mass is 9.88. The Balaban J connectivity index is 1.98. The number of hydrogen-bond donors (Lipinski definition) is 2. The molecule has 2 heteroatoms. The molecule has 1 spiro atoms. The predicted octanol–water partition coefficient (Wildman–Crippen LogP) is 0.492. The molecule has 2 heterocycles. The van der Waals surface area contributed by atoms with Crippen molar-refractivity contribution in [1.29, 1.82) is 0 Å². The summed E-state index contributed by atoms with van der Waals surface area (Å²) in [6.07, 6.45) is 5.53. The Morgan fingerprint density at radius 3 is 2.60 bits per heavy atom. The molecule has 2 fully saturated rings. The van der Waals surface area contributed by atoms with Crippen LogP contribution in [0.1, 0.15) is 25.7 Å². The summed E-state index contributed by atoms with van der Waals surface area (Å²) in [5.74, 6) is 0. The third-order valence-corrected chi connectivity index (χ3v) is 2.83. The van der Waals surface area contributed by atoms with Crippen molar-refractivity contribution in [2.75, 3.05) is 19.6 Å². The fourth-order valence-corrected chi connectivity index (χ4v) is 2.14. The molecule has 1 unspecified atom stereocenters. The van der Waals surface area contributed by atoms with Crippen LogP contribution in [-0.2, 0) is 0 Å². The highest BCUT2D eigenvalue weighted by Gasteiger charge is 2.33. The van der Waals surface area contributed by atoms with Gasteiger partial charge in [-0.2, -0.15) is 0 Å². The smallest absolute Gasteiger partial charge is 0.0318 e. The van der Waals surface area contributed by atoms with Crippen LogP contribution in [0.4, 0.5) is 0 Å². The molecule has 0 aliphatic carbocycles. The molecule has 0 radical (unpaired) electrons. The van der Waals surface area contributed by atoms with Gasteiger partial charge in [0.2, 0.25) is 0 Å². The zero-order valence-corrected chi connectivity index (χ0v) is 6.45. The highest BCUT2D eigenvalue weighted by molar-refractivity contribution is 4.97. The van der Waals surface area contributed by atoms with Gasteiger partial charge in [-0.1, -0.05) is 6.42 Å². The SMILES string of the molecule is C1CCC2(CCNC2)NC1. The van der Waals surface area contributed by atoms with Crippen LogP contribution in [0, 0.1) is 0 Å². The predicted molar refractivity (Wildman–Crippen MR) is 42.1 cm³/mol. The van der Waals surface area contributed by atoms with Gasteiger partial charge in [0.05, 0.1) is 0 Å². The van der Waals surface area contributed by atoms with Crippen LogP contribution >= 0.6 is 0 Å². The first-order chi connectivity index (χ1) is 4.91. The van der Waals surface area contributed by atoms with Crippen LogP contribution in [-0.4, -0.2) is 25.2 Å². The van der Waals surface area contributed by atoms with Crippen LogP contribution in [0.25, 0.3) is 0 Å². The van der Waals surface area contributed by atoms with E-state index in [1.54, 1.807) is 0 Å². The van der Waals surface area contributed by atoms with Crippen molar-refractivity contribution in [2.24, 2.45) is 0 Å². The van der Waals surface area contributed by atoms with Gasteiger partial charge < -0.3 is 10.6 Å². The van der Waals surface area contributed by atoms with E-state index < -0.39 is 0 Å². The van der Waals surface area contributed by atoms with Gasteiger partial charge in [0.15, 0.2) is 0 Å². The zero-order valence-electron chi connectivity index (χ0n) is 6.45. The third kappa shape index (κ3) is 1.06. The first kappa shape index (κ1) is 6.62. The van der Waals surface area contributed by atoms with Gasteiger partial charge in [-0.3, -0.25) is 0 Å². The van der Waals surface area contributed by atoms with E-state index in [1.807, 2.05) is 0 Å². The molecule has 10 heavy (non-hydrogen) atoms. The summed E-state index contributed by atoms with van der Waals surface area (Å²) in [6, 6.07) is 0. The zero-order chi connectivity index (χ0) is 6.86. The summed E-state index contributed by atoms with van der Waals surface area (Å²) in [6.45, 7) is 3.65. The topological polar surface area (TPSA) is 24.1 Å². The summed E-state index contributed by atoms with van der Waals surface area (Å²) in [5, 5.41) is 7.05. The molecule has 2 aliphatic heterocycles. The molecular weight excluding hydrogens is 124 g/mol. The van der Waals surface area contributed by atoms with Gasteiger partial charge in [0, 0.05) is 12.1 Å². The minimum atomic E-state index is 0.512. The standard InChI is InChI=1S/C8H16N2/c1-2-5-10-8(3-1)4-6-9-7-8/h9-10H,1-7H2. The van der Waals surface area contributed by atoms with Crippen LogP contribution in [0.2, 0.25) is 0 Å². The van der Waals surface area contributed by atoms with E-state index in [-0.39, 0.29) is 0 Å². The van der Waals surface area contributed by atoms with E-state index in [0.717, 1.165) is 0 Å². The van der Waals surface area contributed by atoms with Crippen LogP contribution < -0.4 is 10.6 Å². The van der Waals surface area contributed by atoms with Crippen LogP contribution in [0.3, 0.4) is 0 Å². The largest absolute Gasteiger partial charge is 0.315 e. The fraction of sp³-hybridized carbons (Fsp3) is 1.00. The lowest BCUT2D eigenvalue weighted by Gasteiger charge is -2.33. The molecule has 2 aliphatic rings. The number of piperidine rings is 1. The molecule has 2 rings (SSSR count). The molecule has 0 saturated carbocycles. The van der Waals surface area contributed by atoms with E-state index in [9.17, 15) is 0 Å². The molecule has 2 nitrogen and oxygen atoms in total. The van der Waals surface area contributed by atoms with Gasteiger partial charge >= 0.3 is 0 Å². The molecule has 2 saturated heterocycles. The van der Waals surface area contributed by atoms with Gasteiger partial charge in [0.25, 0.3) is 0 Å². The summed E-state index contributed by atoms with van der Waals surface area (Å²) in [4.78, 5) is 0. The maximum absolute atomic E-state index is 3.63. The minimum Gasteiger partial charge on any atom is -0.315 e. The van der Waals surface area contributed by atoms with Crippen molar-refractivity contribution in [3.8, 4) is 0 Å². The van der Waals surface area contributed by atoms with E-state index >= 15 is 0 Å². The Morgan fingerprint density at radius 2 is 2.00 bits per heavy atom. The molecule has 0 aromatic heterocycles. The highest BCUT2D eigenvalue weighted by atomic mass is 15.1. The monoisotopic (exact) mass is 140 g/mol. The first-order valence-electron chi connectivity index (χ1n) is 4.37. The van der Waals surface area contributed by atoms with E-state index in [4.69, 9.17) is 0 Å². The lowest BCUT2D eigenvalue weighted by molar-refractivity contribution is 0.277. The quantitative estimate of drug-likeness (QED) is 0.512. The second-order valence-corrected chi connectivity index (χ2v) is 3.59. The molecule has 2 N–H and O–H groups in total.